The van der Waals surface area contributed by atoms with Crippen molar-refractivity contribution in [3.8, 4) is 0 Å². The maximum absolute atomic E-state index is 13.8. The SMILES string of the molecule is CCOC(=O)[C@H](CCSC)NCCc1ccc2c(c1)COC2=C1C(=O)Nc2ccc(F)cc21. The van der Waals surface area contributed by atoms with Gasteiger partial charge in [0.2, 0.25) is 0 Å². The van der Waals surface area contributed by atoms with Gasteiger partial charge in [0.25, 0.3) is 5.91 Å². The van der Waals surface area contributed by atoms with Crippen LogP contribution in [0.3, 0.4) is 0 Å². The molecule has 2 aromatic carbocycles. The summed E-state index contributed by atoms with van der Waals surface area (Å²) in [6.07, 6.45) is 3.48. The van der Waals surface area contributed by atoms with Gasteiger partial charge in [-0.1, -0.05) is 18.2 Å². The van der Waals surface area contributed by atoms with Gasteiger partial charge in [-0.05, 0) is 62.1 Å². The fraction of sp³-hybridized carbons (Fsp3) is 0.360. The number of anilines is 1. The lowest BCUT2D eigenvalue weighted by molar-refractivity contribution is -0.145. The highest BCUT2D eigenvalue weighted by molar-refractivity contribution is 7.98. The lowest BCUT2D eigenvalue weighted by Gasteiger charge is -2.17. The summed E-state index contributed by atoms with van der Waals surface area (Å²) in [6, 6.07) is 9.93. The molecule has 0 spiro atoms. The first-order valence-electron chi connectivity index (χ1n) is 11.0. The van der Waals surface area contributed by atoms with Gasteiger partial charge in [0.15, 0.2) is 0 Å². The minimum atomic E-state index is -0.400. The van der Waals surface area contributed by atoms with E-state index in [9.17, 15) is 14.0 Å². The van der Waals surface area contributed by atoms with Crippen LogP contribution in [0.15, 0.2) is 36.4 Å². The third kappa shape index (κ3) is 5.07. The van der Waals surface area contributed by atoms with Gasteiger partial charge in [-0.3, -0.25) is 9.59 Å². The maximum atomic E-state index is 13.8. The van der Waals surface area contributed by atoms with Gasteiger partial charge < -0.3 is 20.1 Å². The van der Waals surface area contributed by atoms with Crippen LogP contribution in [0.2, 0.25) is 0 Å². The van der Waals surface area contributed by atoms with E-state index in [-0.39, 0.29) is 17.9 Å². The number of carbonyl (C=O) groups excluding carboxylic acids is 2. The standard InChI is InChI=1S/C25H27FN2O4S/c1-3-31-25(30)21(9-11-33-2)27-10-8-15-4-6-18-16(12-15)14-32-23(18)22-19-13-17(26)5-7-20(19)28-24(22)29/h4-7,12-13,21,27H,3,8-11,14H2,1-2H3,(H,28,29)/t21-/m0/s1. The third-order valence-electron chi connectivity index (χ3n) is 5.73. The fourth-order valence-electron chi connectivity index (χ4n) is 4.12. The van der Waals surface area contributed by atoms with Crippen LogP contribution in [0.1, 0.15) is 35.6 Å². The Hall–Kier alpha value is -2.84. The van der Waals surface area contributed by atoms with Gasteiger partial charge in [0.1, 0.15) is 24.2 Å². The number of hydrogen-bond donors (Lipinski definition) is 2. The number of hydrogen-bond acceptors (Lipinski definition) is 6. The molecule has 0 radical (unpaired) electrons. The molecule has 2 aliphatic heterocycles. The van der Waals surface area contributed by atoms with E-state index in [1.165, 1.54) is 12.1 Å². The summed E-state index contributed by atoms with van der Waals surface area (Å²) in [6.45, 7) is 3.17. The number of carbonyl (C=O) groups is 2. The molecule has 174 valence electrons. The molecule has 0 saturated carbocycles. The normalized spacial score (nSPS) is 17.2. The minimum Gasteiger partial charge on any atom is -0.487 e. The molecule has 2 aromatic rings. The predicted molar refractivity (Wildman–Crippen MR) is 128 cm³/mol. The maximum Gasteiger partial charge on any atom is 0.323 e. The second kappa shape index (κ2) is 10.4. The number of rotatable bonds is 9. The average molecular weight is 471 g/mol. The lowest BCUT2D eigenvalue weighted by Crippen LogP contribution is -2.39. The topological polar surface area (TPSA) is 76.7 Å². The van der Waals surface area contributed by atoms with Crippen LogP contribution >= 0.6 is 11.8 Å². The first kappa shape index (κ1) is 23.3. The number of benzene rings is 2. The Labute approximate surface area is 196 Å². The Bertz CT molecular complexity index is 1100. The summed E-state index contributed by atoms with van der Waals surface area (Å²) in [5, 5.41) is 6.09. The molecule has 2 N–H and O–H groups in total. The van der Waals surface area contributed by atoms with Crippen LogP contribution in [-0.4, -0.2) is 43.1 Å². The van der Waals surface area contributed by atoms with Crippen LogP contribution in [0.5, 0.6) is 0 Å². The van der Waals surface area contributed by atoms with Gasteiger partial charge in [-0.2, -0.15) is 11.8 Å². The van der Waals surface area contributed by atoms with Crippen LogP contribution in [0, 0.1) is 5.82 Å². The largest absolute Gasteiger partial charge is 0.487 e. The van der Waals surface area contributed by atoms with E-state index in [1.807, 2.05) is 25.3 Å². The quantitative estimate of drug-likeness (QED) is 0.426. The van der Waals surface area contributed by atoms with Crippen LogP contribution in [0.25, 0.3) is 11.3 Å². The molecule has 1 atom stereocenters. The van der Waals surface area contributed by atoms with E-state index in [4.69, 9.17) is 9.47 Å². The zero-order valence-electron chi connectivity index (χ0n) is 18.7. The molecular weight excluding hydrogens is 443 g/mol. The molecule has 33 heavy (non-hydrogen) atoms. The van der Waals surface area contributed by atoms with E-state index in [1.54, 1.807) is 17.8 Å². The van der Waals surface area contributed by atoms with Crippen molar-refractivity contribution in [2.45, 2.75) is 32.4 Å². The predicted octanol–water partition coefficient (Wildman–Crippen LogP) is 3.99. The summed E-state index contributed by atoms with van der Waals surface area (Å²) in [5.41, 5.74) is 4.40. The van der Waals surface area contributed by atoms with Gasteiger partial charge in [0, 0.05) is 22.4 Å². The Morgan fingerprint density at radius 1 is 1.27 bits per heavy atom. The van der Waals surface area contributed by atoms with Gasteiger partial charge in [-0.15, -0.1) is 0 Å². The van der Waals surface area contributed by atoms with Crippen LogP contribution < -0.4 is 10.6 Å². The summed E-state index contributed by atoms with van der Waals surface area (Å²) in [5.74, 6) is 0.461. The van der Waals surface area contributed by atoms with Crippen LogP contribution in [0.4, 0.5) is 10.1 Å². The molecule has 0 fully saturated rings. The van der Waals surface area contributed by atoms with Gasteiger partial charge in [0.05, 0.1) is 12.2 Å². The van der Waals surface area contributed by atoms with Crippen molar-refractivity contribution in [3.63, 3.8) is 0 Å². The number of nitrogens with one attached hydrogen (secondary N) is 2. The molecule has 2 aliphatic rings. The number of fused-ring (bicyclic) bond motifs is 2. The second-order valence-corrected chi connectivity index (χ2v) is 8.90. The number of ether oxygens (including phenoxy) is 2. The van der Waals surface area contributed by atoms with Crippen molar-refractivity contribution in [3.05, 3.63) is 64.5 Å². The van der Waals surface area contributed by atoms with Crippen molar-refractivity contribution in [2.75, 3.05) is 30.5 Å². The Morgan fingerprint density at radius 3 is 2.91 bits per heavy atom. The molecule has 1 amide bonds. The van der Waals surface area contributed by atoms with Gasteiger partial charge in [-0.25, -0.2) is 4.39 Å². The Balaban J connectivity index is 1.47. The molecule has 6 nitrogen and oxygen atoms in total. The van der Waals surface area contributed by atoms with Crippen molar-refractivity contribution in [1.82, 2.24) is 5.32 Å². The van der Waals surface area contributed by atoms with Crippen molar-refractivity contribution >= 4 is 40.7 Å². The first-order valence-corrected chi connectivity index (χ1v) is 12.4. The molecular formula is C25H27FN2O4S. The zero-order valence-corrected chi connectivity index (χ0v) is 19.5. The molecule has 0 saturated heterocycles. The summed E-state index contributed by atoms with van der Waals surface area (Å²) in [4.78, 5) is 24.7. The highest BCUT2D eigenvalue weighted by Gasteiger charge is 2.32. The molecule has 8 heteroatoms. The molecule has 0 unspecified atom stereocenters. The fourth-order valence-corrected chi connectivity index (χ4v) is 4.59. The number of halogens is 1. The third-order valence-corrected chi connectivity index (χ3v) is 6.37. The average Bonchev–Trinajstić information content (AvgIpc) is 3.35. The molecule has 4 rings (SSSR count). The lowest BCUT2D eigenvalue weighted by atomic mass is 9.98. The number of amides is 1. The number of thioether (sulfide) groups is 1. The summed E-state index contributed by atoms with van der Waals surface area (Å²) >= 11 is 1.70. The van der Waals surface area contributed by atoms with Crippen molar-refractivity contribution in [2.24, 2.45) is 0 Å². The van der Waals surface area contributed by atoms with Crippen LogP contribution in [-0.2, 0) is 32.1 Å². The van der Waals surface area contributed by atoms with E-state index >= 15 is 0 Å². The smallest absolute Gasteiger partial charge is 0.323 e. The monoisotopic (exact) mass is 470 g/mol. The molecule has 0 aliphatic carbocycles. The van der Waals surface area contributed by atoms with Crippen molar-refractivity contribution in [1.29, 1.82) is 0 Å². The highest BCUT2D eigenvalue weighted by atomic mass is 32.2. The number of esters is 1. The van der Waals surface area contributed by atoms with E-state index in [0.717, 1.165) is 35.3 Å². The Kier molecular flexibility index (Phi) is 7.35. The Morgan fingerprint density at radius 2 is 2.12 bits per heavy atom. The summed E-state index contributed by atoms with van der Waals surface area (Å²) < 4.78 is 24.9. The highest BCUT2D eigenvalue weighted by Crippen LogP contribution is 2.41. The molecule has 0 bridgehead atoms. The van der Waals surface area contributed by atoms with E-state index in [2.05, 4.69) is 16.7 Å². The minimum absolute atomic E-state index is 0.211. The van der Waals surface area contributed by atoms with E-state index < -0.39 is 5.82 Å². The summed E-state index contributed by atoms with van der Waals surface area (Å²) in [7, 11) is 0. The van der Waals surface area contributed by atoms with Gasteiger partial charge >= 0.3 is 5.97 Å². The van der Waals surface area contributed by atoms with E-state index in [0.29, 0.717) is 42.3 Å². The van der Waals surface area contributed by atoms with Crippen molar-refractivity contribution < 1.29 is 23.5 Å². The first-order chi connectivity index (χ1) is 16.0. The second-order valence-electron chi connectivity index (χ2n) is 7.92. The molecule has 2 heterocycles. The zero-order chi connectivity index (χ0) is 23.4. The molecule has 0 aromatic heterocycles.